The van der Waals surface area contributed by atoms with Crippen molar-refractivity contribution >= 4 is 45.8 Å². The van der Waals surface area contributed by atoms with Crippen LogP contribution in [0.25, 0.3) is 0 Å². The number of nitrogens with one attached hydrogen (secondary N) is 1. The van der Waals surface area contributed by atoms with E-state index in [1.807, 2.05) is 25.1 Å². The fourth-order valence-electron chi connectivity index (χ4n) is 1.39. The largest absolute Gasteiger partial charge is 0.466 e. The van der Waals surface area contributed by atoms with Gasteiger partial charge in [0, 0.05) is 9.61 Å². The Morgan fingerprint density at radius 1 is 1.59 bits per heavy atom. The second kappa shape index (κ2) is 7.06. The van der Waals surface area contributed by atoms with E-state index in [0.717, 1.165) is 9.26 Å². The van der Waals surface area contributed by atoms with Gasteiger partial charge in [-0.05, 0) is 54.6 Å². The Bertz CT molecular complexity index is 398. The number of carbonyl (C=O) groups is 1. The van der Waals surface area contributed by atoms with E-state index in [-0.39, 0.29) is 12.0 Å². The summed E-state index contributed by atoms with van der Waals surface area (Å²) in [6.45, 7) is 4.13. The van der Waals surface area contributed by atoms with Crippen LogP contribution in [-0.2, 0) is 9.53 Å². The monoisotopic (exact) mass is 367 g/mol. The van der Waals surface area contributed by atoms with Crippen molar-refractivity contribution in [3.8, 4) is 0 Å². The van der Waals surface area contributed by atoms with E-state index in [1.54, 1.807) is 6.92 Å². The summed E-state index contributed by atoms with van der Waals surface area (Å²) < 4.78 is 5.97. The van der Waals surface area contributed by atoms with Crippen molar-refractivity contribution in [1.82, 2.24) is 0 Å². The summed E-state index contributed by atoms with van der Waals surface area (Å²) >= 11 is 8.29. The summed E-state index contributed by atoms with van der Waals surface area (Å²) in [7, 11) is 0. The summed E-state index contributed by atoms with van der Waals surface area (Å²) in [4.78, 5) is 11.3. The Kier molecular flexibility index (Phi) is 6.05. The lowest BCUT2D eigenvalue weighted by molar-refractivity contribution is -0.143. The lowest BCUT2D eigenvalue weighted by Gasteiger charge is -2.15. The van der Waals surface area contributed by atoms with Crippen molar-refractivity contribution < 1.29 is 9.53 Å². The third kappa shape index (κ3) is 5.12. The molecule has 17 heavy (non-hydrogen) atoms. The van der Waals surface area contributed by atoms with Gasteiger partial charge in [0.1, 0.15) is 0 Å². The number of carbonyl (C=O) groups excluding carboxylic acids is 1. The van der Waals surface area contributed by atoms with Gasteiger partial charge in [-0.2, -0.15) is 0 Å². The number of esters is 1. The predicted molar refractivity (Wildman–Crippen MR) is 78.5 cm³/mol. The molecule has 0 saturated carbocycles. The van der Waals surface area contributed by atoms with Gasteiger partial charge in [0.25, 0.3) is 0 Å². The van der Waals surface area contributed by atoms with Crippen LogP contribution < -0.4 is 5.32 Å². The van der Waals surface area contributed by atoms with Crippen LogP contribution in [0.5, 0.6) is 0 Å². The lowest BCUT2D eigenvalue weighted by Crippen LogP contribution is -2.21. The maximum Gasteiger partial charge on any atom is 0.307 e. The Hall–Kier alpha value is -0.490. The van der Waals surface area contributed by atoms with Crippen LogP contribution in [0, 0.1) is 3.57 Å². The molecule has 1 rings (SSSR count). The van der Waals surface area contributed by atoms with E-state index in [2.05, 4.69) is 27.9 Å². The highest BCUT2D eigenvalue weighted by molar-refractivity contribution is 14.1. The third-order valence-corrected chi connectivity index (χ3v) is 3.09. The van der Waals surface area contributed by atoms with Crippen LogP contribution in [0.3, 0.4) is 0 Å². The molecule has 0 amide bonds. The second-order valence-electron chi connectivity index (χ2n) is 3.68. The van der Waals surface area contributed by atoms with Crippen molar-refractivity contribution in [1.29, 1.82) is 0 Å². The zero-order valence-electron chi connectivity index (χ0n) is 9.80. The molecule has 1 atom stereocenters. The number of ether oxygens (including phenoxy) is 1. The van der Waals surface area contributed by atoms with Crippen LogP contribution in [0.4, 0.5) is 5.69 Å². The SMILES string of the molecule is CCOC(=O)CC(C)Nc1ccc(I)cc1Cl. The summed E-state index contributed by atoms with van der Waals surface area (Å²) in [5, 5.41) is 3.85. The normalized spacial score (nSPS) is 12.0. The highest BCUT2D eigenvalue weighted by Gasteiger charge is 2.11. The number of halogens is 2. The van der Waals surface area contributed by atoms with Gasteiger partial charge in [-0.25, -0.2) is 0 Å². The minimum absolute atomic E-state index is 0.00777. The molecule has 5 heteroatoms. The van der Waals surface area contributed by atoms with Crippen molar-refractivity contribution in [2.45, 2.75) is 26.3 Å². The minimum atomic E-state index is -0.200. The third-order valence-electron chi connectivity index (χ3n) is 2.11. The Morgan fingerprint density at radius 3 is 2.88 bits per heavy atom. The zero-order chi connectivity index (χ0) is 12.8. The molecule has 1 aromatic carbocycles. The number of rotatable bonds is 5. The average molecular weight is 368 g/mol. The Labute approximate surface area is 120 Å². The molecule has 0 aliphatic carbocycles. The lowest BCUT2D eigenvalue weighted by atomic mass is 10.2. The van der Waals surface area contributed by atoms with Gasteiger partial charge >= 0.3 is 5.97 Å². The molecule has 3 nitrogen and oxygen atoms in total. The fourth-order valence-corrected chi connectivity index (χ4v) is 2.30. The quantitative estimate of drug-likeness (QED) is 0.637. The fraction of sp³-hybridized carbons (Fsp3) is 0.417. The first-order valence-electron chi connectivity index (χ1n) is 5.40. The first-order chi connectivity index (χ1) is 8.02. The van der Waals surface area contributed by atoms with E-state index in [1.165, 1.54) is 0 Å². The van der Waals surface area contributed by atoms with Crippen LogP contribution in [0.1, 0.15) is 20.3 Å². The van der Waals surface area contributed by atoms with Crippen LogP contribution >= 0.6 is 34.2 Å². The van der Waals surface area contributed by atoms with Crippen molar-refractivity contribution in [3.63, 3.8) is 0 Å². The number of hydrogen-bond donors (Lipinski definition) is 1. The van der Waals surface area contributed by atoms with Crippen LogP contribution in [0.15, 0.2) is 18.2 Å². The smallest absolute Gasteiger partial charge is 0.307 e. The van der Waals surface area contributed by atoms with E-state index >= 15 is 0 Å². The van der Waals surface area contributed by atoms with Gasteiger partial charge in [0.2, 0.25) is 0 Å². The molecule has 0 spiro atoms. The van der Waals surface area contributed by atoms with E-state index in [4.69, 9.17) is 16.3 Å². The van der Waals surface area contributed by atoms with E-state index in [0.29, 0.717) is 18.1 Å². The first kappa shape index (κ1) is 14.6. The molecule has 0 fully saturated rings. The zero-order valence-corrected chi connectivity index (χ0v) is 12.7. The van der Waals surface area contributed by atoms with Gasteiger partial charge in [-0.1, -0.05) is 11.6 Å². The Morgan fingerprint density at radius 2 is 2.29 bits per heavy atom. The molecule has 1 aromatic rings. The van der Waals surface area contributed by atoms with Crippen molar-refractivity contribution in [2.24, 2.45) is 0 Å². The molecule has 0 radical (unpaired) electrons. The van der Waals surface area contributed by atoms with Crippen LogP contribution in [-0.4, -0.2) is 18.6 Å². The molecular weight excluding hydrogens is 352 g/mol. The standard InChI is InChI=1S/C12H15ClINO2/c1-3-17-12(16)6-8(2)15-11-5-4-9(14)7-10(11)13/h4-5,7-8,15H,3,6H2,1-2H3. The van der Waals surface area contributed by atoms with Gasteiger partial charge in [0.05, 0.1) is 23.7 Å². The molecule has 1 N–H and O–H groups in total. The molecular formula is C12H15ClINO2. The number of benzene rings is 1. The highest BCUT2D eigenvalue weighted by atomic mass is 127. The predicted octanol–water partition coefficient (Wildman–Crippen LogP) is 3.70. The van der Waals surface area contributed by atoms with Gasteiger partial charge in [-0.15, -0.1) is 0 Å². The average Bonchev–Trinajstić information content (AvgIpc) is 2.22. The van der Waals surface area contributed by atoms with Gasteiger partial charge in [-0.3, -0.25) is 4.79 Å². The molecule has 0 aliphatic heterocycles. The van der Waals surface area contributed by atoms with Crippen molar-refractivity contribution in [2.75, 3.05) is 11.9 Å². The number of hydrogen-bond acceptors (Lipinski definition) is 3. The summed E-state index contributed by atoms with van der Waals surface area (Å²) in [6.07, 6.45) is 0.330. The Balaban J connectivity index is 2.55. The molecule has 0 bridgehead atoms. The van der Waals surface area contributed by atoms with Gasteiger partial charge in [0.15, 0.2) is 0 Å². The van der Waals surface area contributed by atoms with Crippen molar-refractivity contribution in [3.05, 3.63) is 26.8 Å². The molecule has 0 heterocycles. The van der Waals surface area contributed by atoms with Gasteiger partial charge < -0.3 is 10.1 Å². The highest BCUT2D eigenvalue weighted by Crippen LogP contribution is 2.24. The second-order valence-corrected chi connectivity index (χ2v) is 5.33. The molecule has 0 saturated heterocycles. The molecule has 1 unspecified atom stereocenters. The number of anilines is 1. The maximum absolute atomic E-state index is 11.3. The van der Waals surface area contributed by atoms with E-state index < -0.39 is 0 Å². The van der Waals surface area contributed by atoms with Crippen LogP contribution in [0.2, 0.25) is 5.02 Å². The summed E-state index contributed by atoms with van der Waals surface area (Å²) in [5.74, 6) is -0.200. The summed E-state index contributed by atoms with van der Waals surface area (Å²) in [6, 6.07) is 5.74. The maximum atomic E-state index is 11.3. The van der Waals surface area contributed by atoms with E-state index in [9.17, 15) is 4.79 Å². The first-order valence-corrected chi connectivity index (χ1v) is 6.85. The molecule has 0 aromatic heterocycles. The summed E-state index contributed by atoms with van der Waals surface area (Å²) in [5.41, 5.74) is 0.837. The topological polar surface area (TPSA) is 38.3 Å². The molecule has 0 aliphatic rings. The molecule has 94 valence electrons. The minimum Gasteiger partial charge on any atom is -0.466 e.